The summed E-state index contributed by atoms with van der Waals surface area (Å²) >= 11 is 11.9. The SMILES string of the molecule is CC(C)NC(=O)[C@@H](NC(=O)c1ccc(Cl)cc1Cl)c1ccccc1. The summed E-state index contributed by atoms with van der Waals surface area (Å²) in [5.74, 6) is -0.723. The third-order valence-electron chi connectivity index (χ3n) is 3.28. The van der Waals surface area contributed by atoms with E-state index < -0.39 is 11.9 Å². The van der Waals surface area contributed by atoms with Gasteiger partial charge in [-0.3, -0.25) is 9.59 Å². The molecule has 2 N–H and O–H groups in total. The van der Waals surface area contributed by atoms with E-state index in [9.17, 15) is 9.59 Å². The zero-order valence-corrected chi connectivity index (χ0v) is 14.9. The van der Waals surface area contributed by atoms with Gasteiger partial charge in [0.1, 0.15) is 6.04 Å². The van der Waals surface area contributed by atoms with Crippen molar-refractivity contribution in [3.63, 3.8) is 0 Å². The maximum Gasteiger partial charge on any atom is 0.253 e. The first-order valence-corrected chi connectivity index (χ1v) is 8.25. The molecule has 0 spiro atoms. The number of hydrogen-bond donors (Lipinski definition) is 2. The Balaban J connectivity index is 2.27. The Kier molecular flexibility index (Phi) is 6.23. The van der Waals surface area contributed by atoms with E-state index in [0.29, 0.717) is 10.6 Å². The van der Waals surface area contributed by atoms with Crippen LogP contribution < -0.4 is 10.6 Å². The molecule has 1 atom stereocenters. The molecule has 0 fully saturated rings. The van der Waals surface area contributed by atoms with Crippen LogP contribution in [0.1, 0.15) is 35.8 Å². The van der Waals surface area contributed by atoms with E-state index in [-0.39, 0.29) is 22.5 Å². The lowest BCUT2D eigenvalue weighted by Gasteiger charge is -2.20. The second-order valence-corrected chi connectivity index (χ2v) is 6.45. The van der Waals surface area contributed by atoms with Crippen molar-refractivity contribution in [1.29, 1.82) is 0 Å². The number of carbonyl (C=O) groups excluding carboxylic acids is 2. The summed E-state index contributed by atoms with van der Waals surface area (Å²) in [6, 6.07) is 12.8. The minimum atomic E-state index is -0.812. The van der Waals surface area contributed by atoms with Crippen LogP contribution in [0, 0.1) is 0 Å². The van der Waals surface area contributed by atoms with Gasteiger partial charge in [0, 0.05) is 11.1 Å². The molecule has 6 heteroatoms. The molecule has 0 heterocycles. The summed E-state index contributed by atoms with van der Waals surface area (Å²) in [5, 5.41) is 6.22. The molecule has 0 radical (unpaired) electrons. The summed E-state index contributed by atoms with van der Waals surface area (Å²) in [6.07, 6.45) is 0. The van der Waals surface area contributed by atoms with Gasteiger partial charge in [-0.1, -0.05) is 53.5 Å². The highest BCUT2D eigenvalue weighted by molar-refractivity contribution is 6.36. The third-order valence-corrected chi connectivity index (χ3v) is 3.83. The highest BCUT2D eigenvalue weighted by atomic mass is 35.5. The van der Waals surface area contributed by atoms with E-state index in [1.54, 1.807) is 18.2 Å². The average molecular weight is 365 g/mol. The molecule has 126 valence electrons. The highest BCUT2D eigenvalue weighted by Crippen LogP contribution is 2.22. The highest BCUT2D eigenvalue weighted by Gasteiger charge is 2.24. The standard InChI is InChI=1S/C18H18Cl2N2O2/c1-11(2)21-18(24)16(12-6-4-3-5-7-12)22-17(23)14-9-8-13(19)10-15(14)20/h3-11,16H,1-2H3,(H,21,24)(H,22,23)/t16-/m0/s1. The second-order valence-electron chi connectivity index (χ2n) is 5.60. The molecule has 4 nitrogen and oxygen atoms in total. The van der Waals surface area contributed by atoms with E-state index in [4.69, 9.17) is 23.2 Å². The van der Waals surface area contributed by atoms with Crippen molar-refractivity contribution in [1.82, 2.24) is 10.6 Å². The smallest absolute Gasteiger partial charge is 0.253 e. The first kappa shape index (κ1) is 18.3. The Morgan fingerprint density at radius 2 is 1.62 bits per heavy atom. The monoisotopic (exact) mass is 364 g/mol. The van der Waals surface area contributed by atoms with Crippen LogP contribution in [0.15, 0.2) is 48.5 Å². The second kappa shape index (κ2) is 8.18. The molecule has 24 heavy (non-hydrogen) atoms. The fourth-order valence-corrected chi connectivity index (χ4v) is 2.69. The van der Waals surface area contributed by atoms with Gasteiger partial charge in [-0.25, -0.2) is 0 Å². The third kappa shape index (κ3) is 4.73. The maximum atomic E-state index is 12.5. The van der Waals surface area contributed by atoms with Crippen LogP contribution in [-0.4, -0.2) is 17.9 Å². The normalized spacial score (nSPS) is 11.9. The molecule has 0 bridgehead atoms. The number of hydrogen-bond acceptors (Lipinski definition) is 2. The zero-order valence-electron chi connectivity index (χ0n) is 13.3. The molecular formula is C18H18Cl2N2O2. The molecular weight excluding hydrogens is 347 g/mol. The maximum absolute atomic E-state index is 12.5. The van der Waals surface area contributed by atoms with E-state index in [0.717, 1.165) is 0 Å². The molecule has 0 aliphatic heterocycles. The molecule has 0 saturated heterocycles. The molecule has 2 amide bonds. The molecule has 0 aliphatic carbocycles. The Bertz CT molecular complexity index is 733. The molecule has 2 aromatic carbocycles. The van der Waals surface area contributed by atoms with Crippen molar-refractivity contribution in [3.8, 4) is 0 Å². The lowest BCUT2D eigenvalue weighted by molar-refractivity contribution is -0.123. The zero-order chi connectivity index (χ0) is 17.7. The first-order valence-electron chi connectivity index (χ1n) is 7.49. The molecule has 0 unspecified atom stereocenters. The van der Waals surface area contributed by atoms with Gasteiger partial charge >= 0.3 is 0 Å². The summed E-state index contributed by atoms with van der Waals surface area (Å²) < 4.78 is 0. The summed E-state index contributed by atoms with van der Waals surface area (Å²) in [4.78, 5) is 25.0. The quantitative estimate of drug-likeness (QED) is 0.842. The van der Waals surface area contributed by atoms with Crippen LogP contribution in [0.5, 0.6) is 0 Å². The van der Waals surface area contributed by atoms with Gasteiger partial charge in [-0.15, -0.1) is 0 Å². The van der Waals surface area contributed by atoms with Gasteiger partial charge in [-0.2, -0.15) is 0 Å². The number of carbonyl (C=O) groups is 2. The molecule has 0 aliphatic rings. The van der Waals surface area contributed by atoms with Crippen molar-refractivity contribution in [3.05, 3.63) is 69.7 Å². The minimum Gasteiger partial charge on any atom is -0.352 e. The predicted molar refractivity (Wildman–Crippen MR) is 96.4 cm³/mol. The lowest BCUT2D eigenvalue weighted by atomic mass is 10.0. The van der Waals surface area contributed by atoms with Crippen molar-refractivity contribution in [2.24, 2.45) is 0 Å². The number of halogens is 2. The van der Waals surface area contributed by atoms with Crippen LogP contribution in [0.2, 0.25) is 10.0 Å². The van der Waals surface area contributed by atoms with Crippen LogP contribution >= 0.6 is 23.2 Å². The van der Waals surface area contributed by atoms with E-state index in [1.165, 1.54) is 12.1 Å². The fourth-order valence-electron chi connectivity index (χ4n) is 2.20. The van der Waals surface area contributed by atoms with Gasteiger partial charge in [-0.05, 0) is 37.6 Å². The Hall–Kier alpha value is -2.04. The molecule has 0 aromatic heterocycles. The summed E-state index contributed by atoms with van der Waals surface area (Å²) in [5.41, 5.74) is 0.952. The van der Waals surface area contributed by atoms with Gasteiger partial charge < -0.3 is 10.6 Å². The lowest BCUT2D eigenvalue weighted by Crippen LogP contribution is -2.42. The molecule has 2 aromatic rings. The molecule has 0 saturated carbocycles. The number of nitrogens with one attached hydrogen (secondary N) is 2. The van der Waals surface area contributed by atoms with Gasteiger partial charge in [0.25, 0.3) is 5.91 Å². The average Bonchev–Trinajstić information content (AvgIpc) is 2.52. The Labute approximate surface area is 151 Å². The van der Waals surface area contributed by atoms with E-state index >= 15 is 0 Å². The Morgan fingerprint density at radius 1 is 0.958 bits per heavy atom. The largest absolute Gasteiger partial charge is 0.352 e. The van der Waals surface area contributed by atoms with Gasteiger partial charge in [0.05, 0.1) is 10.6 Å². The number of amides is 2. The van der Waals surface area contributed by atoms with E-state index in [1.807, 2.05) is 32.0 Å². The topological polar surface area (TPSA) is 58.2 Å². The van der Waals surface area contributed by atoms with Gasteiger partial charge in [0.2, 0.25) is 5.91 Å². The first-order chi connectivity index (χ1) is 11.4. The van der Waals surface area contributed by atoms with Crippen molar-refractivity contribution >= 4 is 35.0 Å². The number of rotatable bonds is 5. The summed E-state index contributed by atoms with van der Waals surface area (Å²) in [6.45, 7) is 3.72. The van der Waals surface area contributed by atoms with Crippen LogP contribution in [0.25, 0.3) is 0 Å². The summed E-state index contributed by atoms with van der Waals surface area (Å²) in [7, 11) is 0. The van der Waals surface area contributed by atoms with Crippen molar-refractivity contribution < 1.29 is 9.59 Å². The van der Waals surface area contributed by atoms with E-state index in [2.05, 4.69) is 10.6 Å². The van der Waals surface area contributed by atoms with Gasteiger partial charge in [0.15, 0.2) is 0 Å². The Morgan fingerprint density at radius 3 is 2.21 bits per heavy atom. The molecule has 2 rings (SSSR count). The van der Waals surface area contributed by atoms with Crippen LogP contribution in [0.3, 0.4) is 0 Å². The van der Waals surface area contributed by atoms with Crippen molar-refractivity contribution in [2.45, 2.75) is 25.9 Å². The number of benzene rings is 2. The fraction of sp³-hybridized carbons (Fsp3) is 0.222. The van der Waals surface area contributed by atoms with Crippen LogP contribution in [0.4, 0.5) is 0 Å². The van der Waals surface area contributed by atoms with Crippen LogP contribution in [-0.2, 0) is 4.79 Å². The van der Waals surface area contributed by atoms with Crippen molar-refractivity contribution in [2.75, 3.05) is 0 Å². The predicted octanol–water partition coefficient (Wildman–Crippen LogP) is 3.99. The minimum absolute atomic E-state index is 0.0419.